The van der Waals surface area contributed by atoms with Crippen molar-refractivity contribution in [2.75, 3.05) is 13.1 Å². The predicted molar refractivity (Wildman–Crippen MR) is 78.6 cm³/mol. The number of amides is 2. The number of aliphatic hydroxyl groups excluding tert-OH is 1. The number of quaternary nitrogens is 1. The molecule has 102 valence electrons. The Hall–Kier alpha value is -2.17. The van der Waals surface area contributed by atoms with Gasteiger partial charge in [0.25, 0.3) is 0 Å². The summed E-state index contributed by atoms with van der Waals surface area (Å²) in [5.74, 6) is 0. The van der Waals surface area contributed by atoms with Crippen LogP contribution in [0.25, 0.3) is 0 Å². The minimum Gasteiger partial charge on any atom is -0.385 e. The van der Waals surface area contributed by atoms with E-state index in [-0.39, 0.29) is 10.5 Å². The molecule has 2 aromatic carbocycles. The van der Waals surface area contributed by atoms with Crippen molar-refractivity contribution in [2.24, 2.45) is 0 Å². The Kier molecular flexibility index (Phi) is 3.26. The van der Waals surface area contributed by atoms with Crippen molar-refractivity contribution in [1.82, 2.24) is 9.80 Å². The first-order chi connectivity index (χ1) is 9.73. The third kappa shape index (κ3) is 1.99. The molecule has 1 atom stereocenters. The number of nitrogens with zero attached hydrogens (tertiary/aromatic N) is 1. The number of β-amino-alcohol motifs (C(OH)–C–C–N with tert-alkyl or cyclic N) is 1. The van der Waals surface area contributed by atoms with Gasteiger partial charge in [-0.25, -0.2) is 4.79 Å². The van der Waals surface area contributed by atoms with Crippen molar-refractivity contribution in [3.8, 4) is 0 Å². The van der Waals surface area contributed by atoms with Gasteiger partial charge in [0.15, 0.2) is 0 Å². The molecule has 0 aromatic heterocycles. The summed E-state index contributed by atoms with van der Waals surface area (Å²) in [5, 5.41) is 12.9. The van der Waals surface area contributed by atoms with E-state index in [1.165, 1.54) is 0 Å². The van der Waals surface area contributed by atoms with Crippen LogP contribution < -0.4 is 9.80 Å². The molecule has 0 saturated carbocycles. The highest BCUT2D eigenvalue weighted by molar-refractivity contribution is 5.94. The number of hydrogen-bond acceptors (Lipinski definition) is 2. The zero-order chi connectivity index (χ0) is 14.0. The van der Waals surface area contributed by atoms with Crippen LogP contribution in [0.4, 0.5) is 16.2 Å². The lowest BCUT2D eigenvalue weighted by atomic mass is 10.1. The molecule has 1 unspecified atom stereocenters. The van der Waals surface area contributed by atoms with Crippen LogP contribution in [0.15, 0.2) is 60.7 Å². The van der Waals surface area contributed by atoms with Gasteiger partial charge in [-0.05, 0) is 0 Å². The van der Waals surface area contributed by atoms with Gasteiger partial charge >= 0.3 is 6.03 Å². The van der Waals surface area contributed by atoms with E-state index >= 15 is 0 Å². The van der Waals surface area contributed by atoms with Gasteiger partial charge in [-0.1, -0.05) is 36.4 Å². The lowest BCUT2D eigenvalue weighted by molar-refractivity contribution is 0.117. The number of carbonyl (C=O) groups excluding carboxylic acids is 1. The molecule has 20 heavy (non-hydrogen) atoms. The van der Waals surface area contributed by atoms with E-state index in [9.17, 15) is 9.90 Å². The molecule has 1 aliphatic rings. The highest BCUT2D eigenvalue weighted by Gasteiger charge is 2.46. The summed E-state index contributed by atoms with van der Waals surface area (Å²) in [5.41, 5.74) is 1.71. The van der Waals surface area contributed by atoms with Crippen molar-refractivity contribution < 1.29 is 9.90 Å². The highest BCUT2D eigenvalue weighted by atomic mass is 16.3. The summed E-state index contributed by atoms with van der Waals surface area (Å²) in [6, 6.07) is 19.1. The second-order valence-corrected chi connectivity index (χ2v) is 5.00. The zero-order valence-corrected chi connectivity index (χ0v) is 11.1. The maximum absolute atomic E-state index is 12.6. The third-order valence-electron chi connectivity index (χ3n) is 3.71. The molecule has 0 aliphatic carbocycles. The third-order valence-corrected chi connectivity index (χ3v) is 3.71. The number of hydrogen-bond donors (Lipinski definition) is 2. The van der Waals surface area contributed by atoms with Gasteiger partial charge in [0.1, 0.15) is 24.0 Å². The average molecular weight is 269 g/mol. The van der Waals surface area contributed by atoms with E-state index in [2.05, 4.69) is 5.32 Å². The summed E-state index contributed by atoms with van der Waals surface area (Å²) >= 11 is 0. The Labute approximate surface area is 117 Å². The molecule has 2 amide bonds. The molecule has 0 spiro atoms. The van der Waals surface area contributed by atoms with E-state index in [0.29, 0.717) is 13.1 Å². The molecule has 1 aliphatic heterocycles. The first kappa shape index (κ1) is 12.8. The molecule has 4 nitrogen and oxygen atoms in total. The standard InChI is InChI=1S/C16H16N2O2/c19-15-11-17-16(20)18(12-15,13-7-3-1-4-8-13)14-9-5-2-6-10-14/h1-10,15,19H,11-12H2/p+1. The first-order valence-corrected chi connectivity index (χ1v) is 6.69. The molecular formula is C16H17N2O2+. The second-order valence-electron chi connectivity index (χ2n) is 5.00. The molecule has 1 saturated heterocycles. The summed E-state index contributed by atoms with van der Waals surface area (Å²) in [4.78, 5) is 12.6. The lowest BCUT2D eigenvalue weighted by Gasteiger charge is -2.39. The number of urea groups is 1. The van der Waals surface area contributed by atoms with E-state index in [1.54, 1.807) is 0 Å². The first-order valence-electron chi connectivity index (χ1n) is 6.69. The van der Waals surface area contributed by atoms with Gasteiger partial charge in [-0.3, -0.25) is 0 Å². The van der Waals surface area contributed by atoms with Crippen molar-refractivity contribution in [1.29, 1.82) is 0 Å². The average Bonchev–Trinajstić information content (AvgIpc) is 2.51. The van der Waals surface area contributed by atoms with Crippen LogP contribution in [0.3, 0.4) is 0 Å². The predicted octanol–water partition coefficient (Wildman–Crippen LogP) is 2.41. The summed E-state index contributed by atoms with van der Waals surface area (Å²) < 4.78 is 0.00282. The fraction of sp³-hybridized carbons (Fsp3) is 0.188. The Morgan fingerprint density at radius 1 is 0.950 bits per heavy atom. The van der Waals surface area contributed by atoms with Crippen molar-refractivity contribution in [2.45, 2.75) is 6.10 Å². The maximum atomic E-state index is 12.6. The second kappa shape index (κ2) is 5.07. The number of benzene rings is 2. The molecule has 0 bridgehead atoms. The van der Waals surface area contributed by atoms with Gasteiger partial charge < -0.3 is 10.4 Å². The quantitative estimate of drug-likeness (QED) is 0.823. The molecule has 1 fully saturated rings. The van der Waals surface area contributed by atoms with Crippen LogP contribution in [-0.4, -0.2) is 30.3 Å². The fourth-order valence-electron chi connectivity index (χ4n) is 2.76. The minimum atomic E-state index is -0.562. The van der Waals surface area contributed by atoms with Crippen LogP contribution in [0.2, 0.25) is 0 Å². The Morgan fingerprint density at radius 3 is 1.95 bits per heavy atom. The minimum absolute atomic E-state index is 0.00282. The maximum Gasteiger partial charge on any atom is 0.426 e. The normalized spacial score (nSPS) is 21.2. The van der Waals surface area contributed by atoms with Gasteiger partial charge in [-0.2, -0.15) is 4.48 Å². The number of aliphatic hydroxyl groups is 1. The zero-order valence-electron chi connectivity index (χ0n) is 11.1. The topological polar surface area (TPSA) is 49.3 Å². The van der Waals surface area contributed by atoms with Gasteiger partial charge in [-0.15, -0.1) is 0 Å². The monoisotopic (exact) mass is 269 g/mol. The molecule has 0 radical (unpaired) electrons. The van der Waals surface area contributed by atoms with E-state index in [0.717, 1.165) is 11.4 Å². The Morgan fingerprint density at radius 2 is 1.45 bits per heavy atom. The van der Waals surface area contributed by atoms with Gasteiger partial charge in [0.2, 0.25) is 0 Å². The smallest absolute Gasteiger partial charge is 0.385 e. The van der Waals surface area contributed by atoms with Gasteiger partial charge in [0.05, 0.1) is 6.54 Å². The molecule has 3 rings (SSSR count). The Bertz CT molecular complexity index is 559. The van der Waals surface area contributed by atoms with Crippen LogP contribution in [0.5, 0.6) is 0 Å². The van der Waals surface area contributed by atoms with E-state index in [4.69, 9.17) is 0 Å². The number of para-hydroxylation sites is 2. The molecule has 2 aromatic rings. The number of nitrogens with one attached hydrogen (secondary N) is 1. The number of rotatable bonds is 2. The van der Waals surface area contributed by atoms with Crippen molar-refractivity contribution in [3.63, 3.8) is 0 Å². The fourth-order valence-corrected chi connectivity index (χ4v) is 2.76. The molecule has 1 heterocycles. The van der Waals surface area contributed by atoms with Gasteiger partial charge in [0, 0.05) is 24.3 Å². The molecule has 4 heteroatoms. The summed E-state index contributed by atoms with van der Waals surface area (Å²) in [7, 11) is 0. The SMILES string of the molecule is O=C1NCC(O)C[N+]1(c1ccccc1)c1ccccc1. The lowest BCUT2D eigenvalue weighted by Crippen LogP contribution is -2.64. The van der Waals surface area contributed by atoms with E-state index in [1.807, 2.05) is 60.7 Å². The Balaban J connectivity index is 2.20. The molecule has 2 N–H and O–H groups in total. The van der Waals surface area contributed by atoms with Crippen LogP contribution in [0, 0.1) is 0 Å². The van der Waals surface area contributed by atoms with Crippen LogP contribution in [0.1, 0.15) is 0 Å². The largest absolute Gasteiger partial charge is 0.426 e. The van der Waals surface area contributed by atoms with Crippen LogP contribution >= 0.6 is 0 Å². The van der Waals surface area contributed by atoms with E-state index < -0.39 is 6.10 Å². The highest BCUT2D eigenvalue weighted by Crippen LogP contribution is 2.36. The van der Waals surface area contributed by atoms with Crippen LogP contribution in [-0.2, 0) is 0 Å². The number of carbonyl (C=O) groups is 1. The molecular weight excluding hydrogens is 252 g/mol. The van der Waals surface area contributed by atoms with Crippen molar-refractivity contribution in [3.05, 3.63) is 60.7 Å². The van der Waals surface area contributed by atoms with Crippen molar-refractivity contribution >= 4 is 17.4 Å². The summed E-state index contributed by atoms with van der Waals surface area (Å²) in [6.45, 7) is 0.651. The summed E-state index contributed by atoms with van der Waals surface area (Å²) in [6.07, 6.45) is -0.562.